The average molecular weight is 175 g/mol. The lowest BCUT2D eigenvalue weighted by Gasteiger charge is -2.25. The SMILES string of the molecule is C#CCNS(=O)(=O)C1COC1. The normalized spacial score (nSPS) is 18.8. The molecule has 0 spiro atoms. The minimum atomic E-state index is -3.20. The minimum Gasteiger partial charge on any atom is -0.378 e. The van der Waals surface area contributed by atoms with Gasteiger partial charge >= 0.3 is 0 Å². The highest BCUT2D eigenvalue weighted by Gasteiger charge is 2.31. The standard InChI is InChI=1S/C6H9NO3S/c1-2-3-7-11(8,9)6-4-10-5-6/h1,6-7H,3-5H2. The number of terminal acetylenes is 1. The van der Waals surface area contributed by atoms with E-state index in [9.17, 15) is 8.42 Å². The van der Waals surface area contributed by atoms with E-state index in [1.807, 2.05) is 0 Å². The Morgan fingerprint density at radius 3 is 2.64 bits per heavy atom. The summed E-state index contributed by atoms with van der Waals surface area (Å²) in [4.78, 5) is 0. The van der Waals surface area contributed by atoms with Crippen LogP contribution in [-0.2, 0) is 14.8 Å². The summed E-state index contributed by atoms with van der Waals surface area (Å²) in [5, 5.41) is -0.407. The molecule has 0 atom stereocenters. The van der Waals surface area contributed by atoms with Gasteiger partial charge in [-0.1, -0.05) is 5.92 Å². The Balaban J connectivity index is 2.46. The monoisotopic (exact) mass is 175 g/mol. The van der Waals surface area contributed by atoms with Gasteiger partial charge in [0.2, 0.25) is 10.0 Å². The van der Waals surface area contributed by atoms with Gasteiger partial charge < -0.3 is 4.74 Å². The van der Waals surface area contributed by atoms with Crippen molar-refractivity contribution >= 4 is 10.0 Å². The molecule has 0 bridgehead atoms. The maximum atomic E-state index is 11.1. The van der Waals surface area contributed by atoms with Crippen molar-refractivity contribution in [3.05, 3.63) is 0 Å². The topological polar surface area (TPSA) is 55.4 Å². The molecule has 1 N–H and O–H groups in total. The van der Waals surface area contributed by atoms with Gasteiger partial charge in [0.15, 0.2) is 0 Å². The molecular formula is C6H9NO3S. The quantitative estimate of drug-likeness (QED) is 0.556. The molecule has 5 heteroatoms. The number of nitrogens with one attached hydrogen (secondary N) is 1. The first-order valence-corrected chi connectivity index (χ1v) is 4.71. The van der Waals surface area contributed by atoms with Crippen LogP contribution >= 0.6 is 0 Å². The zero-order valence-corrected chi connectivity index (χ0v) is 6.73. The highest BCUT2D eigenvalue weighted by molar-refractivity contribution is 7.90. The van der Waals surface area contributed by atoms with E-state index in [0.29, 0.717) is 0 Å². The van der Waals surface area contributed by atoms with Crippen molar-refractivity contribution in [2.45, 2.75) is 5.25 Å². The highest BCUT2D eigenvalue weighted by Crippen LogP contribution is 2.09. The molecule has 1 rings (SSSR count). The first-order valence-electron chi connectivity index (χ1n) is 3.16. The molecule has 1 aliphatic rings. The largest absolute Gasteiger partial charge is 0.378 e. The molecule has 1 fully saturated rings. The van der Waals surface area contributed by atoms with E-state index in [4.69, 9.17) is 11.2 Å². The predicted octanol–water partition coefficient (Wildman–Crippen LogP) is -1.06. The smallest absolute Gasteiger partial charge is 0.219 e. The van der Waals surface area contributed by atoms with Crippen LogP contribution < -0.4 is 4.72 Å². The summed E-state index contributed by atoms with van der Waals surface area (Å²) in [5.41, 5.74) is 0. The van der Waals surface area contributed by atoms with Gasteiger partial charge in [-0.2, -0.15) is 0 Å². The Bertz CT molecular complexity index is 260. The van der Waals surface area contributed by atoms with E-state index in [0.717, 1.165) is 0 Å². The molecule has 1 heterocycles. The molecule has 4 nitrogen and oxygen atoms in total. The van der Waals surface area contributed by atoms with Crippen LogP contribution in [0.4, 0.5) is 0 Å². The Labute approximate surface area is 66.0 Å². The second-order valence-electron chi connectivity index (χ2n) is 2.23. The van der Waals surface area contributed by atoms with Gasteiger partial charge in [-0.25, -0.2) is 13.1 Å². The summed E-state index contributed by atoms with van der Waals surface area (Å²) in [6, 6.07) is 0. The van der Waals surface area contributed by atoms with Crippen molar-refractivity contribution in [3.8, 4) is 12.3 Å². The van der Waals surface area contributed by atoms with Gasteiger partial charge in [0.25, 0.3) is 0 Å². The van der Waals surface area contributed by atoms with Crippen LogP contribution in [0.1, 0.15) is 0 Å². The Kier molecular flexibility index (Phi) is 2.49. The van der Waals surface area contributed by atoms with Crippen LogP contribution in [0, 0.1) is 12.3 Å². The molecule has 0 aromatic carbocycles. The van der Waals surface area contributed by atoms with Crippen LogP contribution in [0.25, 0.3) is 0 Å². The Morgan fingerprint density at radius 1 is 1.64 bits per heavy atom. The zero-order valence-electron chi connectivity index (χ0n) is 5.91. The summed E-state index contributed by atoms with van der Waals surface area (Å²) in [5.74, 6) is 2.20. The minimum absolute atomic E-state index is 0.0544. The number of hydrogen-bond acceptors (Lipinski definition) is 3. The highest BCUT2D eigenvalue weighted by atomic mass is 32.2. The summed E-state index contributed by atoms with van der Waals surface area (Å²) >= 11 is 0. The maximum absolute atomic E-state index is 11.1. The summed E-state index contributed by atoms with van der Waals surface area (Å²) in [6.07, 6.45) is 4.89. The van der Waals surface area contributed by atoms with E-state index in [2.05, 4.69) is 10.6 Å². The van der Waals surface area contributed by atoms with Crippen molar-refractivity contribution in [2.24, 2.45) is 0 Å². The van der Waals surface area contributed by atoms with Gasteiger partial charge in [0.1, 0.15) is 5.25 Å². The van der Waals surface area contributed by atoms with Crippen LogP contribution in [0.5, 0.6) is 0 Å². The zero-order chi connectivity index (χ0) is 8.32. The first-order chi connectivity index (χ1) is 5.17. The molecular weight excluding hydrogens is 166 g/mol. The van der Waals surface area contributed by atoms with Crippen molar-refractivity contribution in [2.75, 3.05) is 19.8 Å². The lowest BCUT2D eigenvalue weighted by atomic mass is 10.4. The van der Waals surface area contributed by atoms with Crippen LogP contribution in [0.2, 0.25) is 0 Å². The number of hydrogen-bond donors (Lipinski definition) is 1. The molecule has 0 radical (unpaired) electrons. The van der Waals surface area contributed by atoms with E-state index in [1.165, 1.54) is 0 Å². The fourth-order valence-electron chi connectivity index (χ4n) is 0.653. The summed E-state index contributed by atoms with van der Waals surface area (Å²) in [7, 11) is -3.20. The van der Waals surface area contributed by atoms with E-state index in [-0.39, 0.29) is 19.8 Å². The fourth-order valence-corrected chi connectivity index (χ4v) is 1.72. The molecule has 62 valence electrons. The van der Waals surface area contributed by atoms with Crippen molar-refractivity contribution < 1.29 is 13.2 Å². The molecule has 1 saturated heterocycles. The van der Waals surface area contributed by atoms with E-state index < -0.39 is 15.3 Å². The predicted molar refractivity (Wildman–Crippen MR) is 40.4 cm³/mol. The van der Waals surface area contributed by atoms with Gasteiger partial charge in [0, 0.05) is 0 Å². The fraction of sp³-hybridized carbons (Fsp3) is 0.667. The molecule has 0 saturated carbocycles. The lowest BCUT2D eigenvalue weighted by Crippen LogP contribution is -2.46. The molecule has 0 aromatic heterocycles. The Morgan fingerprint density at radius 2 is 2.27 bits per heavy atom. The number of ether oxygens (including phenoxy) is 1. The van der Waals surface area contributed by atoms with Gasteiger partial charge in [-0.05, 0) is 0 Å². The van der Waals surface area contributed by atoms with Gasteiger partial charge in [0.05, 0.1) is 19.8 Å². The average Bonchev–Trinajstić information content (AvgIpc) is 1.78. The third-order valence-corrected chi connectivity index (χ3v) is 3.12. The van der Waals surface area contributed by atoms with Crippen LogP contribution in [0.3, 0.4) is 0 Å². The van der Waals surface area contributed by atoms with Crippen molar-refractivity contribution in [1.29, 1.82) is 0 Å². The molecule has 0 amide bonds. The molecule has 11 heavy (non-hydrogen) atoms. The summed E-state index contributed by atoms with van der Waals surface area (Å²) < 4.78 is 29.2. The van der Waals surface area contributed by atoms with E-state index >= 15 is 0 Å². The molecule has 0 aliphatic carbocycles. The molecule has 0 unspecified atom stereocenters. The van der Waals surface area contributed by atoms with Gasteiger partial charge in [-0.3, -0.25) is 0 Å². The second kappa shape index (κ2) is 3.22. The third-order valence-electron chi connectivity index (χ3n) is 1.42. The number of rotatable bonds is 3. The lowest BCUT2D eigenvalue weighted by molar-refractivity contribution is 0.0412. The second-order valence-corrected chi connectivity index (χ2v) is 4.28. The Hall–Kier alpha value is -0.570. The van der Waals surface area contributed by atoms with Gasteiger partial charge in [-0.15, -0.1) is 6.42 Å². The third kappa shape index (κ3) is 1.93. The molecule has 0 aromatic rings. The van der Waals surface area contributed by atoms with Crippen molar-refractivity contribution in [1.82, 2.24) is 4.72 Å². The van der Waals surface area contributed by atoms with E-state index in [1.54, 1.807) is 0 Å². The maximum Gasteiger partial charge on any atom is 0.219 e. The van der Waals surface area contributed by atoms with Crippen LogP contribution in [0.15, 0.2) is 0 Å². The van der Waals surface area contributed by atoms with Crippen LogP contribution in [-0.4, -0.2) is 33.4 Å². The van der Waals surface area contributed by atoms with Crippen molar-refractivity contribution in [3.63, 3.8) is 0 Å². The first kappa shape index (κ1) is 8.53. The summed E-state index contributed by atoms with van der Waals surface area (Å²) in [6.45, 7) is 0.610. The molecule has 1 aliphatic heterocycles. The number of sulfonamides is 1.